The number of amides is 2. The topological polar surface area (TPSA) is 80.6 Å². The molecule has 0 aliphatic carbocycles. The lowest BCUT2D eigenvalue weighted by molar-refractivity contribution is -0.121. The van der Waals surface area contributed by atoms with Gasteiger partial charge in [0, 0.05) is 13.1 Å². The van der Waals surface area contributed by atoms with Crippen LogP contribution in [0.25, 0.3) is 5.69 Å². The number of hydrogen-bond donors (Lipinski definition) is 0. The summed E-state index contributed by atoms with van der Waals surface area (Å²) in [4.78, 5) is 27.5. The fourth-order valence-corrected chi connectivity index (χ4v) is 2.48. The Labute approximate surface area is 146 Å². The number of piperazine rings is 1. The van der Waals surface area contributed by atoms with Crippen LogP contribution in [0.2, 0.25) is 0 Å². The number of aromatic nitrogens is 3. The molecule has 3 rings (SSSR count). The Morgan fingerprint density at radius 3 is 2.52 bits per heavy atom. The van der Waals surface area contributed by atoms with Crippen LogP contribution in [0.1, 0.15) is 20.8 Å². The molecular formula is C17H21N5O3. The molecule has 132 valence electrons. The van der Waals surface area contributed by atoms with Gasteiger partial charge in [-0.05, 0) is 32.9 Å². The zero-order valence-corrected chi connectivity index (χ0v) is 14.5. The molecule has 0 unspecified atom stereocenters. The van der Waals surface area contributed by atoms with Gasteiger partial charge in [0.05, 0.1) is 11.9 Å². The highest BCUT2D eigenvalue weighted by atomic mass is 16.6. The first kappa shape index (κ1) is 16.9. The van der Waals surface area contributed by atoms with E-state index in [1.54, 1.807) is 31.6 Å². The summed E-state index contributed by atoms with van der Waals surface area (Å²) in [6.45, 7) is 6.10. The molecule has 0 radical (unpaired) electrons. The third-order valence-electron chi connectivity index (χ3n) is 3.65. The summed E-state index contributed by atoms with van der Waals surface area (Å²) < 4.78 is 6.93. The first-order chi connectivity index (χ1) is 11.8. The number of ether oxygens (including phenoxy) is 1. The van der Waals surface area contributed by atoms with Crippen LogP contribution in [0.3, 0.4) is 0 Å². The van der Waals surface area contributed by atoms with Crippen LogP contribution in [0.4, 0.5) is 10.6 Å². The van der Waals surface area contributed by atoms with Gasteiger partial charge in [-0.1, -0.05) is 23.4 Å². The number of carbonyl (C=O) groups is 2. The van der Waals surface area contributed by atoms with E-state index in [4.69, 9.17) is 4.74 Å². The second kappa shape index (κ2) is 6.54. The predicted molar refractivity (Wildman–Crippen MR) is 91.5 cm³/mol. The first-order valence-electron chi connectivity index (χ1n) is 8.09. The second-order valence-corrected chi connectivity index (χ2v) is 6.80. The zero-order valence-electron chi connectivity index (χ0n) is 14.5. The third kappa shape index (κ3) is 3.96. The van der Waals surface area contributed by atoms with Crippen molar-refractivity contribution in [1.82, 2.24) is 19.9 Å². The van der Waals surface area contributed by atoms with E-state index in [1.807, 2.05) is 30.3 Å². The minimum Gasteiger partial charge on any atom is -0.444 e. The maximum atomic E-state index is 12.4. The summed E-state index contributed by atoms with van der Waals surface area (Å²) in [6, 6.07) is 9.53. The van der Waals surface area contributed by atoms with Crippen molar-refractivity contribution in [2.45, 2.75) is 26.4 Å². The van der Waals surface area contributed by atoms with Crippen LogP contribution in [0.15, 0.2) is 36.5 Å². The number of anilines is 1. The molecule has 0 atom stereocenters. The van der Waals surface area contributed by atoms with Crippen molar-refractivity contribution in [2.24, 2.45) is 0 Å². The van der Waals surface area contributed by atoms with Gasteiger partial charge in [0.2, 0.25) is 5.91 Å². The van der Waals surface area contributed by atoms with E-state index in [1.165, 1.54) is 9.80 Å². The number of carbonyl (C=O) groups excluding carboxylic acids is 2. The van der Waals surface area contributed by atoms with Crippen molar-refractivity contribution in [3.8, 4) is 5.69 Å². The lowest BCUT2D eigenvalue weighted by Gasteiger charge is -2.33. The number of hydrogen-bond acceptors (Lipinski definition) is 5. The quantitative estimate of drug-likeness (QED) is 0.831. The summed E-state index contributed by atoms with van der Waals surface area (Å²) in [6.07, 6.45) is 1.23. The lowest BCUT2D eigenvalue weighted by Crippen LogP contribution is -2.53. The Kier molecular flexibility index (Phi) is 4.43. The van der Waals surface area contributed by atoms with Crippen LogP contribution in [0, 0.1) is 0 Å². The molecule has 0 bridgehead atoms. The van der Waals surface area contributed by atoms with Crippen molar-refractivity contribution >= 4 is 17.8 Å². The monoisotopic (exact) mass is 343 g/mol. The number of rotatable bonds is 2. The lowest BCUT2D eigenvalue weighted by atomic mass is 10.2. The third-order valence-corrected chi connectivity index (χ3v) is 3.65. The Morgan fingerprint density at radius 1 is 1.16 bits per heavy atom. The molecular weight excluding hydrogens is 322 g/mol. The van der Waals surface area contributed by atoms with Crippen LogP contribution >= 0.6 is 0 Å². The Balaban J connectivity index is 1.67. The van der Waals surface area contributed by atoms with Crippen molar-refractivity contribution in [1.29, 1.82) is 0 Å². The zero-order chi connectivity index (χ0) is 18.0. The summed E-state index contributed by atoms with van der Waals surface area (Å²) in [5.41, 5.74) is 0.274. The molecule has 0 saturated carbocycles. The molecule has 8 heteroatoms. The summed E-state index contributed by atoms with van der Waals surface area (Å²) in [5, 5.41) is 8.15. The summed E-state index contributed by atoms with van der Waals surface area (Å²) >= 11 is 0. The molecule has 2 amide bonds. The second-order valence-electron chi connectivity index (χ2n) is 6.80. The maximum absolute atomic E-state index is 12.4. The SMILES string of the molecule is CC(C)(C)OC(=O)N1CCN(c2cn(-c3ccccc3)nn2)C(=O)C1. The Morgan fingerprint density at radius 2 is 1.88 bits per heavy atom. The minimum absolute atomic E-state index is 0.0346. The molecule has 1 aliphatic heterocycles. The first-order valence-corrected chi connectivity index (χ1v) is 8.09. The number of nitrogens with zero attached hydrogens (tertiary/aromatic N) is 5. The summed E-state index contributed by atoms with van der Waals surface area (Å²) in [5.74, 6) is 0.259. The molecule has 1 saturated heterocycles. The van der Waals surface area contributed by atoms with Crippen LogP contribution in [0.5, 0.6) is 0 Å². The average Bonchev–Trinajstić information content (AvgIpc) is 3.03. The van der Waals surface area contributed by atoms with Gasteiger partial charge in [-0.15, -0.1) is 5.10 Å². The molecule has 1 aromatic carbocycles. The molecule has 8 nitrogen and oxygen atoms in total. The fourth-order valence-electron chi connectivity index (χ4n) is 2.48. The van der Waals surface area contributed by atoms with Gasteiger partial charge in [0.25, 0.3) is 0 Å². The highest BCUT2D eigenvalue weighted by Gasteiger charge is 2.32. The van der Waals surface area contributed by atoms with E-state index in [0.29, 0.717) is 18.9 Å². The van der Waals surface area contributed by atoms with Gasteiger partial charge in [0.15, 0.2) is 5.82 Å². The van der Waals surface area contributed by atoms with Gasteiger partial charge < -0.3 is 4.74 Å². The smallest absolute Gasteiger partial charge is 0.410 e. The molecule has 1 aliphatic rings. The molecule has 0 spiro atoms. The van der Waals surface area contributed by atoms with Crippen molar-refractivity contribution < 1.29 is 14.3 Å². The molecule has 1 aromatic heterocycles. The highest BCUT2D eigenvalue weighted by Crippen LogP contribution is 2.17. The van der Waals surface area contributed by atoms with E-state index in [-0.39, 0.29) is 12.5 Å². The van der Waals surface area contributed by atoms with E-state index >= 15 is 0 Å². The van der Waals surface area contributed by atoms with Gasteiger partial charge in [0.1, 0.15) is 12.1 Å². The molecule has 25 heavy (non-hydrogen) atoms. The van der Waals surface area contributed by atoms with Crippen LogP contribution in [-0.4, -0.2) is 57.1 Å². The van der Waals surface area contributed by atoms with Gasteiger partial charge >= 0.3 is 6.09 Å². The number of para-hydroxylation sites is 1. The molecule has 2 heterocycles. The number of benzene rings is 1. The van der Waals surface area contributed by atoms with Crippen molar-refractivity contribution in [3.05, 3.63) is 36.5 Å². The van der Waals surface area contributed by atoms with Crippen LogP contribution < -0.4 is 4.90 Å². The highest BCUT2D eigenvalue weighted by molar-refractivity contribution is 5.96. The van der Waals surface area contributed by atoms with E-state index < -0.39 is 11.7 Å². The standard InChI is InChI=1S/C17H21N5O3/c1-17(2,3)25-16(24)20-9-10-21(15(23)12-20)14-11-22(19-18-14)13-7-5-4-6-8-13/h4-8,11H,9-10,12H2,1-3H3. The van der Waals surface area contributed by atoms with E-state index in [0.717, 1.165) is 5.69 Å². The van der Waals surface area contributed by atoms with Crippen molar-refractivity contribution in [2.75, 3.05) is 24.5 Å². The normalized spacial score (nSPS) is 15.4. The largest absolute Gasteiger partial charge is 0.444 e. The molecule has 0 N–H and O–H groups in total. The maximum Gasteiger partial charge on any atom is 0.410 e. The predicted octanol–water partition coefficient (Wildman–Crippen LogP) is 1.85. The molecule has 2 aromatic rings. The Hall–Kier alpha value is -2.90. The van der Waals surface area contributed by atoms with E-state index in [2.05, 4.69) is 10.3 Å². The average molecular weight is 343 g/mol. The summed E-state index contributed by atoms with van der Waals surface area (Å²) in [7, 11) is 0. The van der Waals surface area contributed by atoms with Crippen LogP contribution in [-0.2, 0) is 9.53 Å². The van der Waals surface area contributed by atoms with Gasteiger partial charge in [-0.3, -0.25) is 14.6 Å². The van der Waals surface area contributed by atoms with Crippen molar-refractivity contribution in [3.63, 3.8) is 0 Å². The van der Waals surface area contributed by atoms with E-state index in [9.17, 15) is 9.59 Å². The van der Waals surface area contributed by atoms with Gasteiger partial charge in [-0.2, -0.15) is 0 Å². The molecule has 1 fully saturated rings. The fraction of sp³-hybridized carbons (Fsp3) is 0.412. The minimum atomic E-state index is -0.588. The Bertz CT molecular complexity index is 766. The van der Waals surface area contributed by atoms with Gasteiger partial charge in [-0.25, -0.2) is 9.48 Å².